The van der Waals surface area contributed by atoms with Gasteiger partial charge in [-0.15, -0.1) is 0 Å². The van der Waals surface area contributed by atoms with Crippen molar-refractivity contribution in [1.29, 1.82) is 0 Å². The van der Waals surface area contributed by atoms with Gasteiger partial charge in [-0.05, 0) is 60.2 Å². The van der Waals surface area contributed by atoms with Gasteiger partial charge in [0.15, 0.2) is 5.78 Å². The van der Waals surface area contributed by atoms with Gasteiger partial charge in [0, 0.05) is 10.6 Å². The van der Waals surface area contributed by atoms with E-state index in [2.05, 4.69) is 0 Å². The van der Waals surface area contributed by atoms with Crippen LogP contribution in [0.2, 0.25) is 5.02 Å². The summed E-state index contributed by atoms with van der Waals surface area (Å²) in [5, 5.41) is 0.582. The Bertz CT molecular complexity index is 1010. The van der Waals surface area contributed by atoms with Crippen molar-refractivity contribution in [3.8, 4) is 11.5 Å². The molecule has 0 aliphatic rings. The van der Waals surface area contributed by atoms with Gasteiger partial charge in [0.25, 0.3) is 0 Å². The highest BCUT2D eigenvalue weighted by Gasteiger charge is 2.13. The lowest BCUT2D eigenvalue weighted by Crippen LogP contribution is -2.09. The van der Waals surface area contributed by atoms with Gasteiger partial charge in [-0.3, -0.25) is 4.79 Å². The first-order valence-electron chi connectivity index (χ1n) is 8.50. The predicted octanol–water partition coefficient (Wildman–Crippen LogP) is 5.46. The van der Waals surface area contributed by atoms with Crippen molar-refractivity contribution in [3.63, 3.8) is 0 Å². The number of rotatable bonds is 6. The third kappa shape index (κ3) is 4.87. The fourth-order valence-electron chi connectivity index (χ4n) is 2.50. The quantitative estimate of drug-likeness (QED) is 0.242. The molecule has 4 nitrogen and oxygen atoms in total. The summed E-state index contributed by atoms with van der Waals surface area (Å²) in [5.74, 6) is 0.229. The molecule has 0 fully saturated rings. The molecular formula is C23H17ClO4. The van der Waals surface area contributed by atoms with Crippen molar-refractivity contribution >= 4 is 29.4 Å². The molecule has 0 saturated carbocycles. The van der Waals surface area contributed by atoms with E-state index in [1.807, 2.05) is 0 Å². The Kier molecular flexibility index (Phi) is 6.25. The Balaban J connectivity index is 1.65. The van der Waals surface area contributed by atoms with Gasteiger partial charge in [0.2, 0.25) is 0 Å². The van der Waals surface area contributed by atoms with Crippen LogP contribution in [0, 0.1) is 0 Å². The Morgan fingerprint density at radius 1 is 0.893 bits per heavy atom. The third-order valence-corrected chi connectivity index (χ3v) is 4.23. The number of esters is 1. The maximum atomic E-state index is 12.3. The Labute approximate surface area is 168 Å². The SMILES string of the molecule is COc1ccccc1C(=O)Oc1ccc(C=CC(=O)c2ccc(Cl)cc2)cc1. The van der Waals surface area contributed by atoms with E-state index in [0.717, 1.165) is 5.56 Å². The van der Waals surface area contributed by atoms with Crippen LogP contribution < -0.4 is 9.47 Å². The molecule has 0 aromatic heterocycles. The number of halogens is 1. The Hall–Kier alpha value is -3.37. The minimum Gasteiger partial charge on any atom is -0.496 e. The van der Waals surface area contributed by atoms with Crippen LogP contribution in [-0.4, -0.2) is 18.9 Å². The second kappa shape index (κ2) is 9.02. The predicted molar refractivity (Wildman–Crippen MR) is 109 cm³/mol. The molecule has 28 heavy (non-hydrogen) atoms. The number of allylic oxidation sites excluding steroid dienone is 1. The molecule has 0 bridgehead atoms. The largest absolute Gasteiger partial charge is 0.496 e. The maximum Gasteiger partial charge on any atom is 0.347 e. The zero-order valence-electron chi connectivity index (χ0n) is 15.1. The van der Waals surface area contributed by atoms with E-state index >= 15 is 0 Å². The normalized spacial score (nSPS) is 10.6. The highest BCUT2D eigenvalue weighted by Crippen LogP contribution is 2.21. The molecule has 5 heteroatoms. The number of carbonyl (C=O) groups is 2. The van der Waals surface area contributed by atoms with Crippen LogP contribution in [0.4, 0.5) is 0 Å². The summed E-state index contributed by atoms with van der Waals surface area (Å²) in [6.45, 7) is 0. The number of para-hydroxylation sites is 1. The molecule has 0 heterocycles. The molecule has 0 radical (unpaired) electrons. The van der Waals surface area contributed by atoms with Crippen molar-refractivity contribution in [1.82, 2.24) is 0 Å². The summed E-state index contributed by atoms with van der Waals surface area (Å²) < 4.78 is 10.6. The average Bonchev–Trinajstić information content (AvgIpc) is 2.73. The van der Waals surface area contributed by atoms with E-state index in [0.29, 0.717) is 27.6 Å². The molecule has 0 aliphatic carbocycles. The highest BCUT2D eigenvalue weighted by atomic mass is 35.5. The van der Waals surface area contributed by atoms with Gasteiger partial charge in [-0.25, -0.2) is 4.79 Å². The number of carbonyl (C=O) groups excluding carboxylic acids is 2. The fraction of sp³-hybridized carbons (Fsp3) is 0.0435. The fourth-order valence-corrected chi connectivity index (χ4v) is 2.63. The van der Waals surface area contributed by atoms with Crippen molar-refractivity contribution in [2.75, 3.05) is 7.11 Å². The number of benzene rings is 3. The molecule has 0 N–H and O–H groups in total. The van der Waals surface area contributed by atoms with Crippen LogP contribution in [0.25, 0.3) is 6.08 Å². The minimum atomic E-state index is -0.501. The van der Waals surface area contributed by atoms with Crippen molar-refractivity contribution < 1.29 is 19.1 Å². The lowest BCUT2D eigenvalue weighted by atomic mass is 10.1. The van der Waals surface area contributed by atoms with Gasteiger partial charge in [0.05, 0.1) is 7.11 Å². The van der Waals surface area contributed by atoms with Gasteiger partial charge in [0.1, 0.15) is 17.1 Å². The molecular weight excluding hydrogens is 376 g/mol. The van der Waals surface area contributed by atoms with E-state index in [1.165, 1.54) is 13.2 Å². The number of hydrogen-bond donors (Lipinski definition) is 0. The summed E-state index contributed by atoms with van der Waals surface area (Å²) in [7, 11) is 1.50. The van der Waals surface area contributed by atoms with Crippen LogP contribution in [0.1, 0.15) is 26.3 Å². The Morgan fingerprint density at radius 3 is 2.25 bits per heavy atom. The topological polar surface area (TPSA) is 52.6 Å². The monoisotopic (exact) mass is 392 g/mol. The molecule has 3 rings (SSSR count). The van der Waals surface area contributed by atoms with Gasteiger partial charge >= 0.3 is 5.97 Å². The van der Waals surface area contributed by atoms with Crippen LogP contribution >= 0.6 is 11.6 Å². The van der Waals surface area contributed by atoms with Gasteiger partial charge in [-0.2, -0.15) is 0 Å². The molecule has 0 atom stereocenters. The number of ether oxygens (including phenoxy) is 2. The van der Waals surface area contributed by atoms with Crippen LogP contribution in [0.3, 0.4) is 0 Å². The molecule has 0 amide bonds. The van der Waals surface area contributed by atoms with Crippen LogP contribution in [0.15, 0.2) is 78.9 Å². The van der Waals surface area contributed by atoms with Crippen LogP contribution in [0.5, 0.6) is 11.5 Å². The van der Waals surface area contributed by atoms with Crippen molar-refractivity contribution in [3.05, 3.63) is 101 Å². The first-order valence-corrected chi connectivity index (χ1v) is 8.88. The van der Waals surface area contributed by atoms with Crippen molar-refractivity contribution in [2.45, 2.75) is 0 Å². The molecule has 0 saturated heterocycles. The summed E-state index contributed by atoms with van der Waals surface area (Å²) in [6.07, 6.45) is 3.18. The summed E-state index contributed by atoms with van der Waals surface area (Å²) in [5.41, 5.74) is 1.71. The lowest BCUT2D eigenvalue weighted by Gasteiger charge is -2.08. The van der Waals surface area contributed by atoms with E-state index in [9.17, 15) is 9.59 Å². The van der Waals surface area contributed by atoms with E-state index in [-0.39, 0.29) is 5.78 Å². The number of methoxy groups -OCH3 is 1. The second-order valence-corrected chi connectivity index (χ2v) is 6.30. The molecule has 0 unspecified atom stereocenters. The Morgan fingerprint density at radius 2 is 1.57 bits per heavy atom. The number of hydrogen-bond acceptors (Lipinski definition) is 4. The highest BCUT2D eigenvalue weighted by molar-refractivity contribution is 6.30. The van der Waals surface area contributed by atoms with Crippen LogP contribution in [-0.2, 0) is 0 Å². The zero-order valence-corrected chi connectivity index (χ0v) is 15.8. The number of ketones is 1. The smallest absolute Gasteiger partial charge is 0.347 e. The molecule has 0 spiro atoms. The molecule has 3 aromatic rings. The second-order valence-electron chi connectivity index (χ2n) is 5.86. The minimum absolute atomic E-state index is 0.122. The summed E-state index contributed by atoms with van der Waals surface area (Å²) in [6, 6.07) is 20.4. The average molecular weight is 393 g/mol. The standard InChI is InChI=1S/C23H17ClO4/c1-27-22-5-3-2-4-20(22)23(26)28-19-13-6-16(7-14-19)8-15-21(25)17-9-11-18(24)12-10-17/h2-15H,1H3. The van der Waals surface area contributed by atoms with Crippen molar-refractivity contribution in [2.24, 2.45) is 0 Å². The third-order valence-electron chi connectivity index (χ3n) is 3.97. The molecule has 140 valence electrons. The summed E-state index contributed by atoms with van der Waals surface area (Å²) in [4.78, 5) is 24.5. The van der Waals surface area contributed by atoms with E-state index in [1.54, 1.807) is 78.9 Å². The van der Waals surface area contributed by atoms with Gasteiger partial charge < -0.3 is 9.47 Å². The molecule has 3 aromatic carbocycles. The van der Waals surface area contributed by atoms with Gasteiger partial charge in [-0.1, -0.05) is 41.9 Å². The zero-order chi connectivity index (χ0) is 19.9. The lowest BCUT2D eigenvalue weighted by molar-refractivity contribution is 0.0731. The molecule has 0 aliphatic heterocycles. The van der Waals surface area contributed by atoms with E-state index in [4.69, 9.17) is 21.1 Å². The van der Waals surface area contributed by atoms with E-state index < -0.39 is 5.97 Å². The first-order chi connectivity index (χ1) is 13.6. The first kappa shape index (κ1) is 19.4. The summed E-state index contributed by atoms with van der Waals surface area (Å²) >= 11 is 5.82. The maximum absolute atomic E-state index is 12.3.